The fraction of sp³-hybridized carbons (Fsp3) is 0.700. The number of methoxy groups -OCH3 is 1. The van der Waals surface area contributed by atoms with Gasteiger partial charge in [-0.2, -0.15) is 0 Å². The van der Waals surface area contributed by atoms with Crippen LogP contribution in [0.25, 0.3) is 0 Å². The molecule has 1 N–H and O–H groups in total. The van der Waals surface area contributed by atoms with E-state index in [1.165, 1.54) is 12.0 Å². The van der Waals surface area contributed by atoms with Gasteiger partial charge in [0.1, 0.15) is 5.00 Å². The SMILES string of the molecule is CCCC[C@H](CC)C(=O)Nc1sc2c(c1C(=O)OC)CC[C@H](CC)C2. The first-order valence-electron chi connectivity index (χ1n) is 9.59. The van der Waals surface area contributed by atoms with E-state index in [1.54, 1.807) is 11.3 Å². The molecule has 0 radical (unpaired) electrons. The molecule has 0 fully saturated rings. The summed E-state index contributed by atoms with van der Waals surface area (Å²) in [5.74, 6) is 0.386. The molecule has 0 unspecified atom stereocenters. The summed E-state index contributed by atoms with van der Waals surface area (Å²) in [5.41, 5.74) is 1.69. The average Bonchev–Trinajstić information content (AvgIpc) is 2.98. The molecule has 0 saturated carbocycles. The Labute approximate surface area is 155 Å². The van der Waals surface area contributed by atoms with E-state index in [9.17, 15) is 9.59 Å². The second-order valence-corrected chi connectivity index (χ2v) is 8.06. The van der Waals surface area contributed by atoms with Gasteiger partial charge in [-0.25, -0.2) is 4.79 Å². The highest BCUT2D eigenvalue weighted by Crippen LogP contribution is 2.41. The number of fused-ring (bicyclic) bond motifs is 1. The molecule has 1 aromatic rings. The monoisotopic (exact) mass is 365 g/mol. The number of hydrogen-bond donors (Lipinski definition) is 1. The van der Waals surface area contributed by atoms with E-state index in [2.05, 4.69) is 19.2 Å². The lowest BCUT2D eigenvalue weighted by atomic mass is 9.85. The Morgan fingerprint density at radius 3 is 2.68 bits per heavy atom. The molecule has 1 aliphatic rings. The Hall–Kier alpha value is -1.36. The van der Waals surface area contributed by atoms with E-state index in [0.29, 0.717) is 16.5 Å². The maximum Gasteiger partial charge on any atom is 0.341 e. The lowest BCUT2D eigenvalue weighted by molar-refractivity contribution is -0.120. The van der Waals surface area contributed by atoms with E-state index in [4.69, 9.17) is 4.74 Å². The van der Waals surface area contributed by atoms with Crippen molar-refractivity contribution in [2.75, 3.05) is 12.4 Å². The first-order chi connectivity index (χ1) is 12.0. The number of thiophene rings is 1. The second-order valence-electron chi connectivity index (χ2n) is 6.95. The van der Waals surface area contributed by atoms with Crippen LogP contribution in [0.4, 0.5) is 5.00 Å². The van der Waals surface area contributed by atoms with Gasteiger partial charge in [0.15, 0.2) is 0 Å². The number of carbonyl (C=O) groups is 2. The number of anilines is 1. The third kappa shape index (κ3) is 4.63. The van der Waals surface area contributed by atoms with Crippen LogP contribution in [0.2, 0.25) is 0 Å². The van der Waals surface area contributed by atoms with Crippen molar-refractivity contribution < 1.29 is 14.3 Å². The van der Waals surface area contributed by atoms with Crippen LogP contribution >= 0.6 is 11.3 Å². The fourth-order valence-corrected chi connectivity index (χ4v) is 4.95. The third-order valence-electron chi connectivity index (χ3n) is 5.34. The van der Waals surface area contributed by atoms with Gasteiger partial charge in [0.2, 0.25) is 5.91 Å². The van der Waals surface area contributed by atoms with Crippen LogP contribution in [0.15, 0.2) is 0 Å². The molecule has 2 rings (SSSR count). The highest BCUT2D eigenvalue weighted by Gasteiger charge is 2.30. The summed E-state index contributed by atoms with van der Waals surface area (Å²) in [4.78, 5) is 26.3. The van der Waals surface area contributed by atoms with Gasteiger partial charge in [0.25, 0.3) is 0 Å². The summed E-state index contributed by atoms with van der Waals surface area (Å²) in [6, 6.07) is 0. The molecule has 0 spiro atoms. The van der Waals surface area contributed by atoms with Crippen LogP contribution in [0.5, 0.6) is 0 Å². The topological polar surface area (TPSA) is 55.4 Å². The highest BCUT2D eigenvalue weighted by molar-refractivity contribution is 7.17. The number of amides is 1. The zero-order valence-electron chi connectivity index (χ0n) is 15.9. The van der Waals surface area contributed by atoms with Gasteiger partial charge in [-0.05, 0) is 43.6 Å². The molecule has 25 heavy (non-hydrogen) atoms. The number of ether oxygens (including phenoxy) is 1. The van der Waals surface area contributed by atoms with Crippen molar-refractivity contribution in [2.45, 2.75) is 72.1 Å². The van der Waals surface area contributed by atoms with Crippen molar-refractivity contribution >= 4 is 28.2 Å². The first kappa shape index (κ1) is 20.0. The first-order valence-corrected chi connectivity index (χ1v) is 10.4. The van der Waals surface area contributed by atoms with Gasteiger partial charge >= 0.3 is 5.97 Å². The van der Waals surface area contributed by atoms with E-state index in [0.717, 1.165) is 56.9 Å². The van der Waals surface area contributed by atoms with Crippen molar-refractivity contribution in [1.82, 2.24) is 0 Å². The van der Waals surface area contributed by atoms with Crippen molar-refractivity contribution in [2.24, 2.45) is 11.8 Å². The maximum absolute atomic E-state index is 12.7. The van der Waals surface area contributed by atoms with Gasteiger partial charge in [-0.3, -0.25) is 4.79 Å². The Balaban J connectivity index is 2.26. The maximum atomic E-state index is 12.7. The predicted molar refractivity (Wildman–Crippen MR) is 103 cm³/mol. The molecule has 1 amide bonds. The smallest absolute Gasteiger partial charge is 0.341 e. The second kappa shape index (κ2) is 9.37. The quantitative estimate of drug-likeness (QED) is 0.644. The standard InChI is InChI=1S/C20H31NO3S/c1-5-8-9-14(7-3)18(22)21-19-17(20(23)24-4)15-11-10-13(6-2)12-16(15)25-19/h13-14H,5-12H2,1-4H3,(H,21,22)/t13-,14-/m0/s1. The zero-order chi connectivity index (χ0) is 18.4. The van der Waals surface area contributed by atoms with Crippen LogP contribution in [0.3, 0.4) is 0 Å². The molecule has 4 nitrogen and oxygen atoms in total. The molecule has 1 aliphatic carbocycles. The molecule has 2 atom stereocenters. The number of nitrogens with one attached hydrogen (secondary N) is 1. The molecule has 5 heteroatoms. The summed E-state index contributed by atoms with van der Waals surface area (Å²) < 4.78 is 5.00. The minimum atomic E-state index is -0.329. The zero-order valence-corrected chi connectivity index (χ0v) is 16.8. The molecule has 0 saturated heterocycles. The fourth-order valence-electron chi connectivity index (χ4n) is 3.59. The van der Waals surface area contributed by atoms with Crippen molar-refractivity contribution in [1.29, 1.82) is 0 Å². The van der Waals surface area contributed by atoms with E-state index < -0.39 is 0 Å². The van der Waals surface area contributed by atoms with E-state index in [-0.39, 0.29) is 17.8 Å². The molecule has 1 aromatic heterocycles. The molecule has 0 aliphatic heterocycles. The Morgan fingerprint density at radius 2 is 2.08 bits per heavy atom. The van der Waals surface area contributed by atoms with Gasteiger partial charge in [0, 0.05) is 10.8 Å². The molecule has 0 bridgehead atoms. The van der Waals surface area contributed by atoms with Crippen molar-refractivity contribution in [3.05, 3.63) is 16.0 Å². The minimum absolute atomic E-state index is 0.00738. The summed E-state index contributed by atoms with van der Waals surface area (Å²) in [7, 11) is 1.41. The summed E-state index contributed by atoms with van der Waals surface area (Å²) >= 11 is 1.57. The van der Waals surface area contributed by atoms with Crippen LogP contribution in [0, 0.1) is 11.8 Å². The van der Waals surface area contributed by atoms with Crippen molar-refractivity contribution in [3.8, 4) is 0 Å². The molecule has 140 valence electrons. The average molecular weight is 366 g/mol. The Kier molecular flexibility index (Phi) is 7.48. The van der Waals surface area contributed by atoms with Crippen molar-refractivity contribution in [3.63, 3.8) is 0 Å². The van der Waals surface area contributed by atoms with Gasteiger partial charge in [-0.15, -0.1) is 11.3 Å². The summed E-state index contributed by atoms with van der Waals surface area (Å²) in [6.45, 7) is 6.40. The number of unbranched alkanes of at least 4 members (excludes halogenated alkanes) is 1. The largest absolute Gasteiger partial charge is 0.465 e. The van der Waals surface area contributed by atoms with Crippen LogP contribution in [0.1, 0.15) is 80.1 Å². The summed E-state index contributed by atoms with van der Waals surface area (Å²) in [5, 5.41) is 3.74. The lowest BCUT2D eigenvalue weighted by Crippen LogP contribution is -2.23. The van der Waals surface area contributed by atoms with E-state index >= 15 is 0 Å². The number of rotatable bonds is 8. The van der Waals surface area contributed by atoms with Gasteiger partial charge in [0.05, 0.1) is 12.7 Å². The van der Waals surface area contributed by atoms with Gasteiger partial charge < -0.3 is 10.1 Å². The normalized spacial score (nSPS) is 17.7. The van der Waals surface area contributed by atoms with Gasteiger partial charge in [-0.1, -0.05) is 40.0 Å². The number of esters is 1. The summed E-state index contributed by atoms with van der Waals surface area (Å²) in [6.07, 6.45) is 8.02. The third-order valence-corrected chi connectivity index (χ3v) is 6.51. The lowest BCUT2D eigenvalue weighted by Gasteiger charge is -2.20. The minimum Gasteiger partial charge on any atom is -0.465 e. The molecular formula is C20H31NO3S. The Morgan fingerprint density at radius 1 is 1.32 bits per heavy atom. The molecule has 1 heterocycles. The van der Waals surface area contributed by atoms with E-state index in [1.807, 2.05) is 6.92 Å². The number of hydrogen-bond acceptors (Lipinski definition) is 4. The predicted octanol–water partition coefficient (Wildman–Crippen LogP) is 5.20. The molecular weight excluding hydrogens is 334 g/mol. The molecule has 0 aromatic carbocycles. The van der Waals surface area contributed by atoms with Crippen LogP contribution < -0.4 is 5.32 Å². The highest BCUT2D eigenvalue weighted by atomic mass is 32.1. The van der Waals surface area contributed by atoms with Crippen LogP contribution in [-0.4, -0.2) is 19.0 Å². The Bertz CT molecular complexity index is 608. The van der Waals surface area contributed by atoms with Crippen LogP contribution in [-0.2, 0) is 22.4 Å². The number of carbonyl (C=O) groups excluding carboxylic acids is 2.